The summed E-state index contributed by atoms with van der Waals surface area (Å²) in [5.74, 6) is 2.42. The molecule has 4 N–H and O–H groups in total. The van der Waals surface area contributed by atoms with Gasteiger partial charge in [-0.05, 0) is 113 Å². The topological polar surface area (TPSA) is 128 Å². The van der Waals surface area contributed by atoms with E-state index in [2.05, 4.69) is 118 Å². The standard InChI is InChI=1S/C42H72N6O3/c1-16-42-27(7)33(48-46-36(45-47-48)44-29(9)50)35(51-23-41(15,43)25(4)5)37(10,11)32(42)18-17-30-31(42)19-20-40(14)34(28(8)49)38(12,26(6)24(2)3)21-22-39(30,40)13/h19,24-27,30,32-35,49H,8,16-18,20-23,43H2,1-7,9-15H3,(H,44,46,50)/t26-,27-,30+,32+,33-,34-,35+,38-,39-,40+,41+,42-/m1/s1. The zero-order valence-corrected chi connectivity index (χ0v) is 34.6. The first-order chi connectivity index (χ1) is 23.5. The minimum atomic E-state index is -0.501. The molecule has 0 aliphatic heterocycles. The van der Waals surface area contributed by atoms with E-state index in [0.717, 1.165) is 38.5 Å². The molecule has 0 spiro atoms. The molecule has 1 heterocycles. The summed E-state index contributed by atoms with van der Waals surface area (Å²) in [6, 6.07) is -0.235. The fourth-order valence-electron chi connectivity index (χ4n) is 12.8. The Morgan fingerprint density at radius 1 is 1.14 bits per heavy atom. The number of aliphatic hydroxyl groups excluding tert-OH is 1. The molecule has 288 valence electrons. The molecule has 0 unspecified atom stereocenters. The highest BCUT2D eigenvalue weighted by Gasteiger charge is 2.71. The molecule has 3 fully saturated rings. The number of rotatable bonds is 10. The molecular formula is C42H72N6O3. The molecule has 9 heteroatoms. The van der Waals surface area contributed by atoms with E-state index in [0.29, 0.717) is 36.0 Å². The number of fused-ring (bicyclic) bond motifs is 5. The maximum absolute atomic E-state index is 12.0. The number of hydrogen-bond donors (Lipinski definition) is 3. The van der Waals surface area contributed by atoms with Crippen LogP contribution in [0.2, 0.25) is 0 Å². The number of allylic oxidation sites excluding steroid dienone is 3. The summed E-state index contributed by atoms with van der Waals surface area (Å²) in [7, 11) is 0. The second-order valence-corrected chi connectivity index (χ2v) is 19.8. The van der Waals surface area contributed by atoms with Crippen molar-refractivity contribution >= 4 is 11.9 Å². The van der Waals surface area contributed by atoms with Crippen molar-refractivity contribution in [2.24, 2.45) is 74.2 Å². The van der Waals surface area contributed by atoms with Gasteiger partial charge in [-0.25, -0.2) is 0 Å². The van der Waals surface area contributed by atoms with Crippen LogP contribution in [0.1, 0.15) is 141 Å². The molecule has 9 nitrogen and oxygen atoms in total. The predicted octanol–water partition coefficient (Wildman–Crippen LogP) is 9.15. The number of tetrazole rings is 1. The first-order valence-electron chi connectivity index (χ1n) is 20.0. The van der Waals surface area contributed by atoms with Crippen molar-refractivity contribution < 1.29 is 14.6 Å². The van der Waals surface area contributed by atoms with E-state index in [1.807, 2.05) is 0 Å². The Hall–Kier alpha value is -2.26. The fraction of sp³-hybridized carbons (Fsp3) is 0.857. The number of ether oxygens (including phenoxy) is 1. The third kappa shape index (κ3) is 5.84. The highest BCUT2D eigenvalue weighted by molar-refractivity contribution is 5.86. The molecule has 12 atom stereocenters. The smallest absolute Gasteiger partial charge is 0.270 e. The maximum Gasteiger partial charge on any atom is 0.270 e. The number of anilines is 1. The van der Waals surface area contributed by atoms with Crippen molar-refractivity contribution in [2.75, 3.05) is 11.9 Å². The van der Waals surface area contributed by atoms with E-state index in [-0.39, 0.29) is 68.8 Å². The van der Waals surface area contributed by atoms with Crippen LogP contribution in [0.5, 0.6) is 0 Å². The lowest BCUT2D eigenvalue weighted by Crippen LogP contribution is -2.67. The van der Waals surface area contributed by atoms with Gasteiger partial charge in [0.1, 0.15) is 6.04 Å². The number of nitrogens with one attached hydrogen (secondary N) is 1. The van der Waals surface area contributed by atoms with Crippen LogP contribution in [-0.2, 0) is 9.53 Å². The number of carbonyl (C=O) groups excluding carboxylic acids is 1. The molecule has 1 aromatic rings. The second-order valence-electron chi connectivity index (χ2n) is 19.8. The summed E-state index contributed by atoms with van der Waals surface area (Å²) in [5.41, 5.74) is 7.37. The lowest BCUT2D eigenvalue weighted by atomic mass is 9.33. The minimum absolute atomic E-state index is 0.00775. The van der Waals surface area contributed by atoms with E-state index in [4.69, 9.17) is 15.6 Å². The van der Waals surface area contributed by atoms with Gasteiger partial charge in [0, 0.05) is 18.4 Å². The Morgan fingerprint density at radius 2 is 1.78 bits per heavy atom. The monoisotopic (exact) mass is 709 g/mol. The Bertz CT molecular complexity index is 1510. The summed E-state index contributed by atoms with van der Waals surface area (Å²) >= 11 is 0. The summed E-state index contributed by atoms with van der Waals surface area (Å²) < 4.78 is 7.06. The van der Waals surface area contributed by atoms with Gasteiger partial charge in [0.25, 0.3) is 5.95 Å². The first kappa shape index (κ1) is 39.9. The average Bonchev–Trinajstić information content (AvgIpc) is 3.48. The fourth-order valence-corrected chi connectivity index (χ4v) is 12.8. The van der Waals surface area contributed by atoms with Crippen LogP contribution < -0.4 is 11.1 Å². The summed E-state index contributed by atoms with van der Waals surface area (Å²) in [5, 5.41) is 28.0. The number of nitrogens with zero attached hydrogens (tertiary/aromatic N) is 4. The molecule has 0 radical (unpaired) electrons. The van der Waals surface area contributed by atoms with Gasteiger partial charge >= 0.3 is 0 Å². The zero-order valence-electron chi connectivity index (χ0n) is 34.6. The predicted molar refractivity (Wildman–Crippen MR) is 206 cm³/mol. The van der Waals surface area contributed by atoms with Crippen LogP contribution >= 0.6 is 0 Å². The van der Waals surface area contributed by atoms with Crippen LogP contribution in [0.3, 0.4) is 0 Å². The maximum atomic E-state index is 12.0. The van der Waals surface area contributed by atoms with E-state index in [1.54, 1.807) is 10.4 Å². The molecule has 0 saturated heterocycles. The van der Waals surface area contributed by atoms with Crippen LogP contribution in [0, 0.1) is 68.5 Å². The SMILES string of the molecule is C=C(O)[C@@H]1[C@@](C)([C@H](C)C(C)C)CC[C@]2(C)[C@H]3CC[C@H]4C(C)(C)[C@@H](OC[C@](C)(N)C(C)C)[C@H](n5nnc(NC(C)=O)n5)[C@@H](C)[C@]4(CC)C3=CC[C@@]12C. The third-order valence-electron chi connectivity index (χ3n) is 16.7. The van der Waals surface area contributed by atoms with Gasteiger partial charge in [-0.3, -0.25) is 10.1 Å². The van der Waals surface area contributed by atoms with E-state index < -0.39 is 5.54 Å². The summed E-state index contributed by atoms with van der Waals surface area (Å²) in [6.07, 6.45) is 8.74. The molecule has 5 rings (SSSR count). The largest absolute Gasteiger partial charge is 0.513 e. The first-order valence-corrected chi connectivity index (χ1v) is 20.0. The molecule has 4 aliphatic rings. The molecular weight excluding hydrogens is 637 g/mol. The summed E-state index contributed by atoms with van der Waals surface area (Å²) in [4.78, 5) is 13.7. The normalized spacial score (nSPS) is 40.8. The lowest BCUT2D eigenvalue weighted by molar-refractivity contribution is -0.214. The number of amides is 1. The molecule has 4 aliphatic carbocycles. The van der Waals surface area contributed by atoms with Gasteiger partial charge in [0.15, 0.2) is 0 Å². The van der Waals surface area contributed by atoms with Gasteiger partial charge in [-0.1, -0.05) is 106 Å². The van der Waals surface area contributed by atoms with Crippen molar-refractivity contribution in [2.45, 2.75) is 153 Å². The number of aromatic nitrogens is 4. The number of carbonyl (C=O) groups is 1. The zero-order chi connectivity index (χ0) is 38.3. The molecule has 3 saturated carbocycles. The van der Waals surface area contributed by atoms with Crippen LogP contribution in [-0.4, -0.2) is 49.5 Å². The van der Waals surface area contributed by atoms with Crippen LogP contribution in [0.25, 0.3) is 0 Å². The molecule has 1 aromatic heterocycles. The number of aliphatic hydroxyl groups is 1. The Labute approximate surface area is 309 Å². The molecule has 0 bridgehead atoms. The lowest BCUT2D eigenvalue weighted by Gasteiger charge is -2.71. The highest BCUT2D eigenvalue weighted by Crippen LogP contribution is 2.76. The van der Waals surface area contributed by atoms with E-state index in [1.165, 1.54) is 6.92 Å². The molecule has 0 aromatic carbocycles. The number of nitrogens with two attached hydrogens (primary N) is 1. The quantitative estimate of drug-likeness (QED) is 0.163. The van der Waals surface area contributed by atoms with Crippen molar-refractivity contribution in [1.82, 2.24) is 20.2 Å². The van der Waals surface area contributed by atoms with Crippen molar-refractivity contribution in [3.05, 3.63) is 24.0 Å². The van der Waals surface area contributed by atoms with Gasteiger partial charge in [0.05, 0.1) is 18.5 Å². The second kappa shape index (κ2) is 13.2. The van der Waals surface area contributed by atoms with Crippen molar-refractivity contribution in [1.29, 1.82) is 0 Å². The Kier molecular flexibility index (Phi) is 10.4. The molecule has 1 amide bonds. The number of hydrogen-bond acceptors (Lipinski definition) is 7. The minimum Gasteiger partial charge on any atom is -0.513 e. The summed E-state index contributed by atoms with van der Waals surface area (Å²) in [6.45, 7) is 36.6. The van der Waals surface area contributed by atoms with Crippen LogP contribution in [0.4, 0.5) is 5.95 Å². The van der Waals surface area contributed by atoms with Crippen LogP contribution in [0.15, 0.2) is 24.0 Å². The Morgan fingerprint density at radius 3 is 2.33 bits per heavy atom. The van der Waals surface area contributed by atoms with E-state index >= 15 is 0 Å². The van der Waals surface area contributed by atoms with E-state index in [9.17, 15) is 9.90 Å². The van der Waals surface area contributed by atoms with Crippen molar-refractivity contribution in [3.8, 4) is 0 Å². The molecule has 51 heavy (non-hydrogen) atoms. The van der Waals surface area contributed by atoms with Gasteiger partial charge in [0.2, 0.25) is 5.91 Å². The van der Waals surface area contributed by atoms with Gasteiger partial charge in [-0.15, -0.1) is 5.10 Å². The highest BCUT2D eigenvalue weighted by atomic mass is 16.5. The van der Waals surface area contributed by atoms with Gasteiger partial charge in [-0.2, -0.15) is 4.80 Å². The third-order valence-corrected chi connectivity index (χ3v) is 16.7. The Balaban J connectivity index is 1.67. The van der Waals surface area contributed by atoms with Gasteiger partial charge < -0.3 is 15.6 Å². The average molecular weight is 709 g/mol. The van der Waals surface area contributed by atoms with Crippen molar-refractivity contribution in [3.63, 3.8) is 0 Å².